The standard InChI is InChI=1S/C11H13BrN2O/c1-8(14-6-5-13-11(14)15)9-3-2-4-10(12)7-9/h2-4,7-8H,5-6H2,1H3,(H,13,15). The number of nitrogens with one attached hydrogen (secondary N) is 1. The summed E-state index contributed by atoms with van der Waals surface area (Å²) in [5.74, 6) is 0. The molecule has 1 aromatic carbocycles. The maximum atomic E-state index is 11.5. The number of carbonyl (C=O) groups is 1. The molecular weight excluding hydrogens is 256 g/mol. The molecule has 15 heavy (non-hydrogen) atoms. The normalized spacial score (nSPS) is 17.7. The lowest BCUT2D eigenvalue weighted by molar-refractivity contribution is 0.202. The van der Waals surface area contributed by atoms with Crippen molar-refractivity contribution >= 4 is 22.0 Å². The third kappa shape index (κ3) is 2.15. The molecule has 1 aliphatic rings. The van der Waals surface area contributed by atoms with Gasteiger partial charge in [-0.25, -0.2) is 4.79 Å². The molecule has 1 aliphatic heterocycles. The van der Waals surface area contributed by atoms with Gasteiger partial charge in [0, 0.05) is 17.6 Å². The van der Waals surface area contributed by atoms with Crippen LogP contribution in [-0.2, 0) is 0 Å². The van der Waals surface area contributed by atoms with Crippen LogP contribution < -0.4 is 5.32 Å². The molecule has 2 amide bonds. The highest BCUT2D eigenvalue weighted by molar-refractivity contribution is 9.10. The number of benzene rings is 1. The van der Waals surface area contributed by atoms with E-state index in [4.69, 9.17) is 0 Å². The lowest BCUT2D eigenvalue weighted by Crippen LogP contribution is -2.30. The molecule has 0 spiro atoms. The van der Waals surface area contributed by atoms with Crippen LogP contribution in [0, 0.1) is 0 Å². The van der Waals surface area contributed by atoms with E-state index < -0.39 is 0 Å². The van der Waals surface area contributed by atoms with Crippen LogP contribution in [0.2, 0.25) is 0 Å². The number of hydrogen-bond acceptors (Lipinski definition) is 1. The lowest BCUT2D eigenvalue weighted by atomic mass is 10.1. The third-order valence-corrected chi connectivity index (χ3v) is 3.18. The monoisotopic (exact) mass is 268 g/mol. The van der Waals surface area contributed by atoms with Gasteiger partial charge in [-0.2, -0.15) is 0 Å². The van der Waals surface area contributed by atoms with Gasteiger partial charge in [0.1, 0.15) is 0 Å². The number of nitrogens with zero attached hydrogens (tertiary/aromatic N) is 1. The fourth-order valence-electron chi connectivity index (χ4n) is 1.80. The van der Waals surface area contributed by atoms with E-state index in [1.54, 1.807) is 0 Å². The Morgan fingerprint density at radius 2 is 2.33 bits per heavy atom. The highest BCUT2D eigenvalue weighted by Gasteiger charge is 2.25. The van der Waals surface area contributed by atoms with E-state index in [-0.39, 0.29) is 12.1 Å². The van der Waals surface area contributed by atoms with Crippen molar-refractivity contribution in [3.8, 4) is 0 Å². The van der Waals surface area contributed by atoms with E-state index in [0.29, 0.717) is 0 Å². The Labute approximate surface area is 97.6 Å². The summed E-state index contributed by atoms with van der Waals surface area (Å²) in [5, 5.41) is 2.81. The first-order valence-electron chi connectivity index (χ1n) is 4.98. The predicted octanol–water partition coefficient (Wildman–Crippen LogP) is 2.54. The van der Waals surface area contributed by atoms with Crippen LogP contribution >= 0.6 is 15.9 Å². The molecule has 0 saturated carbocycles. The molecule has 1 N–H and O–H groups in total. The van der Waals surface area contributed by atoms with Gasteiger partial charge in [-0.3, -0.25) is 0 Å². The number of amides is 2. The summed E-state index contributed by atoms with van der Waals surface area (Å²) >= 11 is 3.44. The Bertz CT molecular complexity index is 381. The largest absolute Gasteiger partial charge is 0.336 e. The molecular formula is C11H13BrN2O. The minimum Gasteiger partial charge on any atom is -0.336 e. The zero-order chi connectivity index (χ0) is 10.8. The van der Waals surface area contributed by atoms with Crippen molar-refractivity contribution in [2.75, 3.05) is 13.1 Å². The minimum absolute atomic E-state index is 0.0301. The zero-order valence-corrected chi connectivity index (χ0v) is 10.1. The first kappa shape index (κ1) is 10.5. The summed E-state index contributed by atoms with van der Waals surface area (Å²) in [6.07, 6.45) is 0. The van der Waals surface area contributed by atoms with Crippen molar-refractivity contribution in [1.29, 1.82) is 0 Å². The fourth-order valence-corrected chi connectivity index (χ4v) is 2.22. The summed E-state index contributed by atoms with van der Waals surface area (Å²) < 4.78 is 1.05. The lowest BCUT2D eigenvalue weighted by Gasteiger charge is -2.23. The van der Waals surface area contributed by atoms with Gasteiger partial charge in [0.2, 0.25) is 0 Å². The maximum Gasteiger partial charge on any atom is 0.318 e. The van der Waals surface area contributed by atoms with Gasteiger partial charge in [-0.15, -0.1) is 0 Å². The van der Waals surface area contributed by atoms with Crippen molar-refractivity contribution < 1.29 is 4.79 Å². The Balaban J connectivity index is 2.20. The minimum atomic E-state index is 0.0301. The number of hydrogen-bond donors (Lipinski definition) is 1. The average Bonchev–Trinajstić information content (AvgIpc) is 2.63. The van der Waals surface area contributed by atoms with Gasteiger partial charge in [0.05, 0.1) is 6.04 Å². The van der Waals surface area contributed by atoms with Gasteiger partial charge < -0.3 is 10.2 Å². The van der Waals surface area contributed by atoms with E-state index in [1.165, 1.54) is 0 Å². The predicted molar refractivity (Wildman–Crippen MR) is 62.7 cm³/mol. The molecule has 1 unspecified atom stereocenters. The maximum absolute atomic E-state index is 11.5. The van der Waals surface area contributed by atoms with Crippen LogP contribution in [0.15, 0.2) is 28.7 Å². The highest BCUT2D eigenvalue weighted by atomic mass is 79.9. The summed E-state index contributed by atoms with van der Waals surface area (Å²) in [6.45, 7) is 3.58. The van der Waals surface area contributed by atoms with Crippen LogP contribution in [0.3, 0.4) is 0 Å². The third-order valence-electron chi connectivity index (χ3n) is 2.69. The molecule has 4 heteroatoms. The quantitative estimate of drug-likeness (QED) is 0.879. The second-order valence-electron chi connectivity index (χ2n) is 3.66. The molecule has 1 heterocycles. The number of carbonyl (C=O) groups excluding carboxylic acids is 1. The van der Waals surface area contributed by atoms with Crippen molar-refractivity contribution in [1.82, 2.24) is 10.2 Å². The van der Waals surface area contributed by atoms with Gasteiger partial charge in [0.15, 0.2) is 0 Å². The van der Waals surface area contributed by atoms with E-state index in [1.807, 2.05) is 30.0 Å². The molecule has 0 aliphatic carbocycles. The molecule has 1 saturated heterocycles. The second-order valence-corrected chi connectivity index (χ2v) is 4.57. The molecule has 0 bridgehead atoms. The highest BCUT2D eigenvalue weighted by Crippen LogP contribution is 2.24. The van der Waals surface area contributed by atoms with E-state index >= 15 is 0 Å². The van der Waals surface area contributed by atoms with Crippen LogP contribution in [0.4, 0.5) is 4.79 Å². The van der Waals surface area contributed by atoms with E-state index in [9.17, 15) is 4.79 Å². The van der Waals surface area contributed by atoms with Crippen LogP contribution in [0.25, 0.3) is 0 Å². The number of rotatable bonds is 2. The topological polar surface area (TPSA) is 32.3 Å². The smallest absolute Gasteiger partial charge is 0.318 e. The number of urea groups is 1. The fraction of sp³-hybridized carbons (Fsp3) is 0.364. The Morgan fingerprint density at radius 1 is 1.53 bits per heavy atom. The average molecular weight is 269 g/mol. The van der Waals surface area contributed by atoms with E-state index in [2.05, 4.69) is 27.3 Å². The first-order valence-corrected chi connectivity index (χ1v) is 5.78. The molecule has 2 rings (SSSR count). The van der Waals surface area contributed by atoms with Crippen molar-refractivity contribution in [3.05, 3.63) is 34.3 Å². The summed E-state index contributed by atoms with van der Waals surface area (Å²) in [6, 6.07) is 8.23. The SMILES string of the molecule is CC(c1cccc(Br)c1)N1CCNC1=O. The van der Waals surface area contributed by atoms with Gasteiger partial charge in [-0.1, -0.05) is 28.1 Å². The van der Waals surface area contributed by atoms with Crippen molar-refractivity contribution in [3.63, 3.8) is 0 Å². The van der Waals surface area contributed by atoms with Crippen molar-refractivity contribution in [2.45, 2.75) is 13.0 Å². The summed E-state index contributed by atoms with van der Waals surface area (Å²) in [5.41, 5.74) is 1.15. The summed E-state index contributed by atoms with van der Waals surface area (Å²) in [7, 11) is 0. The molecule has 0 aromatic heterocycles. The van der Waals surface area contributed by atoms with Gasteiger partial charge >= 0.3 is 6.03 Å². The Hall–Kier alpha value is -1.03. The van der Waals surface area contributed by atoms with Crippen LogP contribution in [-0.4, -0.2) is 24.0 Å². The van der Waals surface area contributed by atoms with Crippen molar-refractivity contribution in [2.24, 2.45) is 0 Å². The molecule has 3 nitrogen and oxygen atoms in total. The first-order chi connectivity index (χ1) is 7.18. The molecule has 1 aromatic rings. The van der Waals surface area contributed by atoms with Gasteiger partial charge in [-0.05, 0) is 24.6 Å². The molecule has 1 atom stereocenters. The van der Waals surface area contributed by atoms with Gasteiger partial charge in [0.25, 0.3) is 0 Å². The molecule has 1 fully saturated rings. The van der Waals surface area contributed by atoms with Crippen LogP contribution in [0.5, 0.6) is 0 Å². The zero-order valence-electron chi connectivity index (χ0n) is 8.53. The molecule has 80 valence electrons. The Morgan fingerprint density at radius 3 is 2.93 bits per heavy atom. The molecule has 0 radical (unpaired) electrons. The van der Waals surface area contributed by atoms with E-state index in [0.717, 1.165) is 23.1 Å². The summed E-state index contributed by atoms with van der Waals surface area (Å²) in [4.78, 5) is 13.3. The van der Waals surface area contributed by atoms with Crippen LogP contribution in [0.1, 0.15) is 18.5 Å². The Kier molecular flexibility index (Phi) is 2.95. The number of halogens is 1. The second kappa shape index (κ2) is 4.23.